The fourth-order valence-corrected chi connectivity index (χ4v) is 3.45. The molecule has 0 aromatic rings. The molecule has 0 bridgehead atoms. The molecule has 1 aliphatic carbocycles. The van der Waals surface area contributed by atoms with Crippen molar-refractivity contribution in [1.82, 2.24) is 15.1 Å². The lowest BCUT2D eigenvalue weighted by Gasteiger charge is -2.32. The number of hydrogen-bond donors (Lipinski definition) is 1. The molecule has 1 atom stereocenters. The van der Waals surface area contributed by atoms with Gasteiger partial charge in [-0.05, 0) is 19.8 Å². The van der Waals surface area contributed by atoms with E-state index in [1.165, 1.54) is 29.1 Å². The highest BCUT2D eigenvalue weighted by molar-refractivity contribution is 6.22. The number of imide groups is 1. The summed E-state index contributed by atoms with van der Waals surface area (Å²) in [6, 6.07) is -0.377. The Morgan fingerprint density at radius 2 is 1.95 bits per heavy atom. The van der Waals surface area contributed by atoms with Gasteiger partial charge in [-0.1, -0.05) is 24.3 Å². The smallest absolute Gasteiger partial charge is 0.272 e. The third-order valence-corrected chi connectivity index (χ3v) is 4.80. The number of hydrogen-bond acceptors (Lipinski definition) is 4. The molecule has 3 aliphatic rings. The van der Waals surface area contributed by atoms with E-state index in [0.717, 1.165) is 12.8 Å². The first kappa shape index (κ1) is 15.0. The molecule has 3 amide bonds. The number of amides is 3. The number of amidine groups is 1. The van der Waals surface area contributed by atoms with Crippen LogP contribution in [0.1, 0.15) is 39.0 Å². The van der Waals surface area contributed by atoms with Crippen molar-refractivity contribution in [3.05, 3.63) is 0 Å². The summed E-state index contributed by atoms with van der Waals surface area (Å²) in [5.41, 5.74) is 0. The molecule has 1 N–H and O–H groups in total. The normalized spacial score (nSPS) is 26.5. The minimum absolute atomic E-state index is 0.188. The van der Waals surface area contributed by atoms with Gasteiger partial charge in [0.25, 0.3) is 5.91 Å². The fraction of sp³-hybridized carbons (Fsp3) is 0.733. The highest BCUT2D eigenvalue weighted by atomic mass is 16.2. The highest BCUT2D eigenvalue weighted by Gasteiger charge is 2.51. The van der Waals surface area contributed by atoms with Gasteiger partial charge in [-0.3, -0.25) is 19.9 Å². The predicted molar refractivity (Wildman–Crippen MR) is 83.0 cm³/mol. The van der Waals surface area contributed by atoms with Gasteiger partial charge in [-0.15, -0.1) is 0 Å². The maximum atomic E-state index is 12.6. The fourth-order valence-electron chi connectivity index (χ4n) is 3.45. The van der Waals surface area contributed by atoms with Crippen molar-refractivity contribution in [2.24, 2.45) is 4.99 Å². The van der Waals surface area contributed by atoms with E-state index >= 15 is 0 Å². The average molecular weight is 306 g/mol. The summed E-state index contributed by atoms with van der Waals surface area (Å²) < 4.78 is 1.86. The molecule has 120 valence electrons. The van der Waals surface area contributed by atoms with Crippen molar-refractivity contribution in [1.29, 1.82) is 0 Å². The second-order valence-corrected chi connectivity index (χ2v) is 6.21. The summed E-state index contributed by atoms with van der Waals surface area (Å²) in [5.74, 6) is 1.05. The molecule has 7 nitrogen and oxygen atoms in total. The minimum atomic E-state index is -0.492. The van der Waals surface area contributed by atoms with E-state index < -0.39 is 6.04 Å². The lowest BCUT2D eigenvalue weighted by Crippen LogP contribution is -2.62. The quantitative estimate of drug-likeness (QED) is 0.760. The Kier molecular flexibility index (Phi) is 3.88. The van der Waals surface area contributed by atoms with E-state index in [0.29, 0.717) is 24.4 Å². The number of nitrogens with one attached hydrogen (secondary N) is 1. The van der Waals surface area contributed by atoms with Crippen molar-refractivity contribution in [2.75, 3.05) is 20.6 Å². The SMILES string of the molecule is CCN1C(=O)C2C(=NC(NC3CCCCC3)=[N+]2C)N(C)C1=O. The summed E-state index contributed by atoms with van der Waals surface area (Å²) in [5, 5.41) is 3.46. The monoisotopic (exact) mass is 306 g/mol. The second kappa shape index (κ2) is 5.70. The third-order valence-electron chi connectivity index (χ3n) is 4.80. The Morgan fingerprint density at radius 1 is 1.27 bits per heavy atom. The van der Waals surface area contributed by atoms with Gasteiger partial charge in [-0.25, -0.2) is 9.37 Å². The van der Waals surface area contributed by atoms with Crippen molar-refractivity contribution in [3.63, 3.8) is 0 Å². The number of carbonyl (C=O) groups is 2. The van der Waals surface area contributed by atoms with Crippen molar-refractivity contribution < 1.29 is 14.2 Å². The molecule has 1 saturated heterocycles. The molecular weight excluding hydrogens is 282 g/mol. The number of likely N-dealkylation sites (N-methyl/N-ethyl adjacent to an activating group) is 3. The standard InChI is InChI=1S/C15H23N5O2/c1-4-20-13(21)11-12(19(3)15(20)22)17-14(18(11)2)16-10-8-6-5-7-9-10/h10-11H,4-9H2,1-3H3/p+1. The van der Waals surface area contributed by atoms with Gasteiger partial charge in [0.15, 0.2) is 0 Å². The van der Waals surface area contributed by atoms with Crippen LogP contribution in [-0.4, -0.2) is 70.8 Å². The Bertz CT molecular complexity index is 562. The molecule has 7 heteroatoms. The molecule has 3 rings (SSSR count). The van der Waals surface area contributed by atoms with Gasteiger partial charge >= 0.3 is 12.0 Å². The Morgan fingerprint density at radius 3 is 2.59 bits per heavy atom. The van der Waals surface area contributed by atoms with Crippen LogP contribution in [0.3, 0.4) is 0 Å². The van der Waals surface area contributed by atoms with Crippen LogP contribution in [0.5, 0.6) is 0 Å². The molecule has 2 fully saturated rings. The lowest BCUT2D eigenvalue weighted by atomic mass is 9.96. The molecule has 1 unspecified atom stereocenters. The van der Waals surface area contributed by atoms with Crippen LogP contribution >= 0.6 is 0 Å². The summed E-state index contributed by atoms with van der Waals surface area (Å²) in [4.78, 5) is 32.1. The molecule has 2 heterocycles. The molecule has 2 aliphatic heterocycles. The minimum Gasteiger partial charge on any atom is -0.272 e. The molecule has 0 radical (unpaired) electrons. The van der Waals surface area contributed by atoms with Gasteiger partial charge in [0.05, 0.1) is 13.1 Å². The van der Waals surface area contributed by atoms with Crippen LogP contribution in [0.15, 0.2) is 4.99 Å². The maximum absolute atomic E-state index is 12.6. The van der Waals surface area contributed by atoms with Crippen LogP contribution in [0.2, 0.25) is 0 Å². The van der Waals surface area contributed by atoms with Gasteiger partial charge in [0.1, 0.15) is 0 Å². The van der Waals surface area contributed by atoms with E-state index in [1.54, 1.807) is 7.05 Å². The molecule has 0 spiro atoms. The van der Waals surface area contributed by atoms with Crippen molar-refractivity contribution in [2.45, 2.75) is 51.1 Å². The predicted octanol–water partition coefficient (Wildman–Crippen LogP) is 0.602. The first-order valence-corrected chi connectivity index (χ1v) is 8.08. The van der Waals surface area contributed by atoms with E-state index in [9.17, 15) is 9.59 Å². The summed E-state index contributed by atoms with van der Waals surface area (Å²) >= 11 is 0. The largest absolute Gasteiger partial charge is 0.390 e. The zero-order valence-electron chi connectivity index (χ0n) is 13.5. The van der Waals surface area contributed by atoms with Crippen molar-refractivity contribution in [3.8, 4) is 0 Å². The Hall–Kier alpha value is -1.92. The number of guanidine groups is 1. The summed E-state index contributed by atoms with van der Waals surface area (Å²) in [7, 11) is 3.54. The number of fused-ring (bicyclic) bond motifs is 1. The number of urea groups is 1. The second-order valence-electron chi connectivity index (χ2n) is 6.21. The number of aliphatic imine (C=N–C) groups is 1. The van der Waals surface area contributed by atoms with E-state index in [-0.39, 0.29) is 11.9 Å². The zero-order chi connectivity index (χ0) is 15.9. The van der Waals surface area contributed by atoms with Crippen LogP contribution < -0.4 is 5.32 Å². The van der Waals surface area contributed by atoms with Crippen LogP contribution in [0, 0.1) is 0 Å². The van der Waals surface area contributed by atoms with Crippen LogP contribution in [0.4, 0.5) is 4.79 Å². The Labute approximate surface area is 130 Å². The van der Waals surface area contributed by atoms with Crippen molar-refractivity contribution >= 4 is 23.7 Å². The van der Waals surface area contributed by atoms with E-state index in [2.05, 4.69) is 10.3 Å². The van der Waals surface area contributed by atoms with Gasteiger partial charge in [0, 0.05) is 13.6 Å². The topological polar surface area (TPSA) is 68.0 Å². The lowest BCUT2D eigenvalue weighted by molar-refractivity contribution is -0.507. The Balaban J connectivity index is 1.85. The van der Waals surface area contributed by atoms with Gasteiger partial charge in [-0.2, -0.15) is 0 Å². The van der Waals surface area contributed by atoms with E-state index in [4.69, 9.17) is 0 Å². The molecule has 22 heavy (non-hydrogen) atoms. The summed E-state index contributed by atoms with van der Waals surface area (Å²) in [6.45, 7) is 2.19. The molecule has 1 saturated carbocycles. The maximum Gasteiger partial charge on any atom is 0.390 e. The van der Waals surface area contributed by atoms with Crippen LogP contribution in [-0.2, 0) is 4.79 Å². The first-order valence-electron chi connectivity index (χ1n) is 8.08. The van der Waals surface area contributed by atoms with Gasteiger partial charge < -0.3 is 0 Å². The molecule has 0 aromatic carbocycles. The number of rotatable bonds is 2. The number of carbonyl (C=O) groups excluding carboxylic acids is 2. The highest BCUT2D eigenvalue weighted by Crippen LogP contribution is 2.21. The zero-order valence-corrected chi connectivity index (χ0v) is 13.5. The average Bonchev–Trinajstić information content (AvgIpc) is 2.84. The summed E-state index contributed by atoms with van der Waals surface area (Å²) in [6.07, 6.45) is 6.03. The van der Waals surface area contributed by atoms with Crippen LogP contribution in [0.25, 0.3) is 0 Å². The number of nitrogens with zero attached hydrogens (tertiary/aromatic N) is 4. The molecular formula is C15H24N5O2+. The molecule has 0 aromatic heterocycles. The van der Waals surface area contributed by atoms with Gasteiger partial charge in [0.2, 0.25) is 11.9 Å². The third kappa shape index (κ3) is 2.28. The van der Waals surface area contributed by atoms with E-state index in [1.807, 2.05) is 18.5 Å². The first-order chi connectivity index (χ1) is 10.5.